The predicted molar refractivity (Wildman–Crippen MR) is 151 cm³/mol. The number of benzene rings is 1. The number of piperidine rings is 1. The van der Waals surface area contributed by atoms with Crippen LogP contribution < -0.4 is 0 Å². The Hall–Kier alpha value is -1.79. The molecule has 2 saturated heterocycles. The van der Waals surface area contributed by atoms with Crippen molar-refractivity contribution in [2.45, 2.75) is 89.1 Å². The van der Waals surface area contributed by atoms with Crippen LogP contribution in [0.5, 0.6) is 0 Å². The highest BCUT2D eigenvalue weighted by molar-refractivity contribution is 6.30. The maximum absolute atomic E-state index is 14.1. The second-order valence-electron chi connectivity index (χ2n) is 13.3. The van der Waals surface area contributed by atoms with E-state index in [1.807, 2.05) is 17.0 Å². The number of ether oxygens (including phenoxy) is 1. The van der Waals surface area contributed by atoms with E-state index in [2.05, 4.69) is 49.9 Å². The predicted octanol–water partition coefficient (Wildman–Crippen LogP) is 6.18. The molecule has 1 aromatic carbocycles. The molecule has 1 aromatic rings. The van der Waals surface area contributed by atoms with Gasteiger partial charge in [-0.05, 0) is 101 Å². The van der Waals surface area contributed by atoms with Gasteiger partial charge in [0.2, 0.25) is 5.91 Å². The van der Waals surface area contributed by atoms with Gasteiger partial charge in [0.25, 0.3) is 0 Å². The number of cyclic esters (lactones) is 1. The third-order valence-electron chi connectivity index (χ3n) is 10.4. The molecule has 7 heteroatoms. The quantitative estimate of drug-likeness (QED) is 0.429. The number of rotatable bonds is 6. The maximum Gasteiger partial charge on any atom is 0.410 e. The summed E-state index contributed by atoms with van der Waals surface area (Å²) >= 11 is 6.18. The fraction of sp³-hybridized carbons (Fsp3) is 0.742. The van der Waals surface area contributed by atoms with Crippen molar-refractivity contribution in [2.24, 2.45) is 17.3 Å². The van der Waals surface area contributed by atoms with Gasteiger partial charge in [0.05, 0.1) is 5.54 Å². The molecule has 4 aliphatic rings. The molecule has 4 fully saturated rings. The molecule has 0 radical (unpaired) electrons. The van der Waals surface area contributed by atoms with Crippen molar-refractivity contribution < 1.29 is 14.3 Å². The third kappa shape index (κ3) is 5.45. The molecule has 2 saturated carbocycles. The number of hydrogen-bond donors (Lipinski definition) is 0. The molecule has 38 heavy (non-hydrogen) atoms. The third-order valence-corrected chi connectivity index (χ3v) is 10.7. The molecular weight excluding hydrogens is 498 g/mol. The van der Waals surface area contributed by atoms with Gasteiger partial charge in [0.15, 0.2) is 0 Å². The number of carbonyl (C=O) groups is 2. The van der Waals surface area contributed by atoms with E-state index in [-0.39, 0.29) is 28.9 Å². The first-order valence-electron chi connectivity index (χ1n) is 14.7. The number of amides is 2. The summed E-state index contributed by atoms with van der Waals surface area (Å²) in [6.07, 6.45) is 10.0. The fourth-order valence-electron chi connectivity index (χ4n) is 7.84. The zero-order valence-corrected chi connectivity index (χ0v) is 24.5. The van der Waals surface area contributed by atoms with E-state index in [1.165, 1.54) is 37.7 Å². The number of halogens is 1. The monoisotopic (exact) mass is 543 g/mol. The van der Waals surface area contributed by atoms with Gasteiger partial charge in [-0.1, -0.05) is 43.0 Å². The summed E-state index contributed by atoms with van der Waals surface area (Å²) in [5.41, 5.74) is 1.01. The van der Waals surface area contributed by atoms with Crippen molar-refractivity contribution in [2.75, 3.05) is 40.3 Å². The Morgan fingerprint density at radius 1 is 1.05 bits per heavy atom. The molecule has 0 unspecified atom stereocenters. The summed E-state index contributed by atoms with van der Waals surface area (Å²) in [4.78, 5) is 33.3. The van der Waals surface area contributed by atoms with Crippen LogP contribution in [0, 0.1) is 17.3 Å². The Morgan fingerprint density at radius 2 is 1.71 bits per heavy atom. The summed E-state index contributed by atoms with van der Waals surface area (Å²) in [5, 5.41) is 0.735. The van der Waals surface area contributed by atoms with Crippen molar-refractivity contribution in [3.63, 3.8) is 0 Å². The average Bonchev–Trinajstić information content (AvgIpc) is 3.47. The summed E-state index contributed by atoms with van der Waals surface area (Å²) in [6, 6.07) is 8.51. The Balaban J connectivity index is 1.33. The fourth-order valence-corrected chi connectivity index (χ4v) is 7.96. The van der Waals surface area contributed by atoms with Gasteiger partial charge in [-0.3, -0.25) is 9.69 Å². The van der Waals surface area contributed by atoms with Crippen LogP contribution in [0.15, 0.2) is 24.3 Å². The lowest BCUT2D eigenvalue weighted by Crippen LogP contribution is -2.55. The Labute approximate surface area is 234 Å². The standard InChI is InChI=1S/C31H46ClN3O3/c1-30(2)21-38-29(37)35(30)20-31(23-8-6-5-7-9-23)14-16-34(17-15-31)28(36)27-19-25(33(3)4)18-26(27)22-10-12-24(32)13-11-22/h10-13,23,25-27H,5-9,14-21H2,1-4H3/t25-,26-,27+/m0/s1. The number of likely N-dealkylation sites (tertiary alicyclic amines) is 1. The van der Waals surface area contributed by atoms with Crippen molar-refractivity contribution in [1.82, 2.24) is 14.7 Å². The van der Waals surface area contributed by atoms with E-state index >= 15 is 0 Å². The molecule has 5 rings (SSSR count). The first-order chi connectivity index (χ1) is 18.1. The van der Waals surface area contributed by atoms with Gasteiger partial charge in [0, 0.05) is 36.6 Å². The van der Waals surface area contributed by atoms with Crippen molar-refractivity contribution >= 4 is 23.6 Å². The lowest BCUT2D eigenvalue weighted by molar-refractivity contribution is -0.139. The molecule has 2 aliphatic carbocycles. The zero-order valence-electron chi connectivity index (χ0n) is 23.8. The van der Waals surface area contributed by atoms with Gasteiger partial charge in [0.1, 0.15) is 6.61 Å². The average molecular weight is 544 g/mol. The topological polar surface area (TPSA) is 53.1 Å². The van der Waals surface area contributed by atoms with Crippen LogP contribution in [-0.4, -0.2) is 78.6 Å². The number of nitrogens with zero attached hydrogens (tertiary/aromatic N) is 3. The first kappa shape index (κ1) is 27.8. The van der Waals surface area contributed by atoms with E-state index in [0.29, 0.717) is 24.5 Å². The zero-order chi connectivity index (χ0) is 27.1. The molecule has 0 aromatic heterocycles. The second kappa shape index (κ2) is 11.0. The van der Waals surface area contributed by atoms with Crippen molar-refractivity contribution in [3.05, 3.63) is 34.9 Å². The molecular formula is C31H46ClN3O3. The first-order valence-corrected chi connectivity index (χ1v) is 15.1. The Kier molecular flexibility index (Phi) is 8.04. The van der Waals surface area contributed by atoms with Crippen LogP contribution in [0.2, 0.25) is 5.02 Å². The van der Waals surface area contributed by atoms with E-state index < -0.39 is 0 Å². The van der Waals surface area contributed by atoms with Gasteiger partial charge < -0.3 is 14.5 Å². The molecule has 210 valence electrons. The molecule has 0 N–H and O–H groups in total. The number of hydrogen-bond acceptors (Lipinski definition) is 4. The van der Waals surface area contributed by atoms with Crippen LogP contribution in [-0.2, 0) is 9.53 Å². The van der Waals surface area contributed by atoms with Gasteiger partial charge in [-0.15, -0.1) is 0 Å². The minimum atomic E-state index is -0.275. The van der Waals surface area contributed by atoms with E-state index in [1.54, 1.807) is 0 Å². The highest BCUT2D eigenvalue weighted by Gasteiger charge is 2.50. The van der Waals surface area contributed by atoms with Gasteiger partial charge in [-0.2, -0.15) is 0 Å². The Morgan fingerprint density at radius 3 is 2.29 bits per heavy atom. The van der Waals surface area contributed by atoms with Gasteiger partial charge >= 0.3 is 6.09 Å². The number of carbonyl (C=O) groups excluding carboxylic acids is 2. The lowest BCUT2D eigenvalue weighted by atomic mass is 9.63. The highest BCUT2D eigenvalue weighted by atomic mass is 35.5. The van der Waals surface area contributed by atoms with E-state index in [4.69, 9.17) is 16.3 Å². The van der Waals surface area contributed by atoms with E-state index in [0.717, 1.165) is 50.3 Å². The van der Waals surface area contributed by atoms with E-state index in [9.17, 15) is 9.59 Å². The smallest absolute Gasteiger partial charge is 0.410 e. The van der Waals surface area contributed by atoms with Crippen LogP contribution in [0.25, 0.3) is 0 Å². The minimum absolute atomic E-state index is 0.00162. The summed E-state index contributed by atoms with van der Waals surface area (Å²) in [5.74, 6) is 1.15. The molecule has 2 amide bonds. The second-order valence-corrected chi connectivity index (χ2v) is 13.8. The summed E-state index contributed by atoms with van der Waals surface area (Å²) < 4.78 is 5.48. The SMILES string of the molecule is CN(C)[C@@H]1C[C@@H](C(=O)N2CCC(CN3C(=O)OCC3(C)C)(C3CCCCC3)CC2)[C@H](c2ccc(Cl)cc2)C1. The molecule has 2 aliphatic heterocycles. The summed E-state index contributed by atoms with van der Waals surface area (Å²) in [6.45, 7) is 7.01. The largest absolute Gasteiger partial charge is 0.447 e. The lowest BCUT2D eigenvalue weighted by Gasteiger charge is -2.51. The Bertz CT molecular complexity index is 996. The highest BCUT2D eigenvalue weighted by Crippen LogP contribution is 2.49. The van der Waals surface area contributed by atoms with Gasteiger partial charge in [-0.25, -0.2) is 4.79 Å². The molecule has 2 heterocycles. The minimum Gasteiger partial charge on any atom is -0.447 e. The van der Waals surface area contributed by atoms with Crippen LogP contribution in [0.3, 0.4) is 0 Å². The van der Waals surface area contributed by atoms with Crippen LogP contribution in [0.4, 0.5) is 4.79 Å². The van der Waals surface area contributed by atoms with Crippen LogP contribution >= 0.6 is 11.6 Å². The molecule has 6 nitrogen and oxygen atoms in total. The van der Waals surface area contributed by atoms with Crippen LogP contribution in [0.1, 0.15) is 83.1 Å². The normalized spacial score (nSPS) is 29.6. The molecule has 0 spiro atoms. The molecule has 3 atom stereocenters. The molecule has 0 bridgehead atoms. The van der Waals surface area contributed by atoms with Crippen molar-refractivity contribution in [3.8, 4) is 0 Å². The maximum atomic E-state index is 14.1. The summed E-state index contributed by atoms with van der Waals surface area (Å²) in [7, 11) is 4.25. The van der Waals surface area contributed by atoms with Crippen molar-refractivity contribution in [1.29, 1.82) is 0 Å².